The first-order valence-electron chi connectivity index (χ1n) is 9.38. The molecule has 0 aliphatic carbocycles. The molecule has 0 aromatic rings. The predicted octanol–water partition coefficient (Wildman–Crippen LogP) is -0.368. The van der Waals surface area contributed by atoms with Crippen LogP contribution in [0.5, 0.6) is 0 Å². The van der Waals surface area contributed by atoms with Crippen LogP contribution >= 0.6 is 0 Å². The number of hydrogen-bond acceptors (Lipinski definition) is 8. The van der Waals surface area contributed by atoms with Gasteiger partial charge in [0.1, 0.15) is 0 Å². The van der Waals surface area contributed by atoms with Crippen LogP contribution in [0.4, 0.5) is 0 Å². The van der Waals surface area contributed by atoms with Crippen molar-refractivity contribution in [1.29, 1.82) is 21.3 Å². The molecular formula is C17H28N8O4. The Morgan fingerprint density at radius 3 is 1.45 bits per heavy atom. The quantitative estimate of drug-likeness (QED) is 0.178. The van der Waals surface area contributed by atoms with Crippen molar-refractivity contribution in [3.63, 3.8) is 0 Å². The zero-order valence-electron chi connectivity index (χ0n) is 16.3. The van der Waals surface area contributed by atoms with Gasteiger partial charge < -0.3 is 30.4 Å². The Morgan fingerprint density at radius 1 is 0.828 bits per heavy atom. The molecule has 2 fully saturated rings. The molecule has 0 aromatic carbocycles. The molecular weight excluding hydrogens is 380 g/mol. The van der Waals surface area contributed by atoms with Gasteiger partial charge in [-0.1, -0.05) is 0 Å². The van der Waals surface area contributed by atoms with Crippen molar-refractivity contribution in [3.8, 4) is 12.4 Å². The molecule has 0 radical (unpaired) electrons. The van der Waals surface area contributed by atoms with E-state index in [-0.39, 0.29) is 29.9 Å². The van der Waals surface area contributed by atoms with Gasteiger partial charge in [-0.3, -0.25) is 10.8 Å². The van der Waals surface area contributed by atoms with E-state index < -0.39 is 0 Å². The van der Waals surface area contributed by atoms with E-state index in [0.717, 1.165) is 9.80 Å². The van der Waals surface area contributed by atoms with Gasteiger partial charge in [-0.15, -0.1) is 0 Å². The fourth-order valence-electron chi connectivity index (χ4n) is 3.04. The van der Waals surface area contributed by atoms with Crippen molar-refractivity contribution in [1.82, 2.24) is 9.80 Å². The molecule has 12 heteroatoms. The van der Waals surface area contributed by atoms with Crippen molar-refractivity contribution in [2.24, 2.45) is 16.9 Å². The summed E-state index contributed by atoms with van der Waals surface area (Å²) in [6.07, 6.45) is 5.39. The maximum absolute atomic E-state index is 8.87. The van der Waals surface area contributed by atoms with Crippen LogP contribution in [-0.4, -0.2) is 73.8 Å². The Balaban J connectivity index is 1.63. The second-order valence-electron chi connectivity index (χ2n) is 7.16. The number of hydrogen-bond donors (Lipinski definition) is 4. The van der Waals surface area contributed by atoms with Gasteiger partial charge in [0.2, 0.25) is 11.9 Å². The topological polar surface area (TPSA) is 191 Å². The monoisotopic (exact) mass is 408 g/mol. The lowest BCUT2D eigenvalue weighted by Crippen LogP contribution is -2.52. The van der Waals surface area contributed by atoms with Gasteiger partial charge in [0.05, 0.1) is 31.8 Å². The van der Waals surface area contributed by atoms with Crippen LogP contribution in [0, 0.1) is 39.1 Å². The van der Waals surface area contributed by atoms with Crippen LogP contribution in [0.1, 0.15) is 25.7 Å². The lowest BCUT2D eigenvalue weighted by Gasteiger charge is -2.43. The molecule has 0 unspecified atom stereocenters. The van der Waals surface area contributed by atoms with Gasteiger partial charge in [-0.2, -0.15) is 10.5 Å². The predicted molar refractivity (Wildman–Crippen MR) is 101 cm³/mol. The van der Waals surface area contributed by atoms with Crippen LogP contribution in [-0.2, 0) is 18.9 Å². The SMILES string of the molecule is N#CN(CCCC1OCC2(CO1)COC(CCCN(C#N)C(=N)N)OC2)C(=N)N. The van der Waals surface area contributed by atoms with E-state index in [1.807, 2.05) is 12.4 Å². The van der Waals surface area contributed by atoms with Crippen molar-refractivity contribution in [3.05, 3.63) is 0 Å². The zero-order valence-corrected chi connectivity index (χ0v) is 16.3. The van der Waals surface area contributed by atoms with Crippen molar-refractivity contribution < 1.29 is 18.9 Å². The van der Waals surface area contributed by atoms with Gasteiger partial charge >= 0.3 is 0 Å². The Morgan fingerprint density at radius 2 is 1.17 bits per heavy atom. The normalized spacial score (nSPS) is 26.3. The molecule has 160 valence electrons. The highest BCUT2D eigenvalue weighted by Crippen LogP contribution is 2.31. The second kappa shape index (κ2) is 10.8. The van der Waals surface area contributed by atoms with Crippen LogP contribution in [0.25, 0.3) is 0 Å². The molecule has 29 heavy (non-hydrogen) atoms. The minimum atomic E-state index is -0.366. The highest BCUT2D eigenvalue weighted by Gasteiger charge is 2.41. The molecule has 0 aromatic heterocycles. The third kappa shape index (κ3) is 6.73. The summed E-state index contributed by atoms with van der Waals surface area (Å²) in [6, 6.07) is 0. The molecule has 6 N–H and O–H groups in total. The molecule has 12 nitrogen and oxygen atoms in total. The third-order valence-electron chi connectivity index (χ3n) is 4.77. The Kier molecular flexibility index (Phi) is 8.42. The number of guanidine groups is 2. The van der Waals surface area contributed by atoms with Crippen LogP contribution in [0.2, 0.25) is 0 Å². The lowest BCUT2D eigenvalue weighted by atomic mass is 9.90. The first-order valence-corrected chi connectivity index (χ1v) is 9.38. The average Bonchev–Trinajstić information content (AvgIpc) is 2.71. The van der Waals surface area contributed by atoms with E-state index >= 15 is 0 Å². The maximum atomic E-state index is 8.87. The summed E-state index contributed by atoms with van der Waals surface area (Å²) in [5.74, 6) is -0.547. The number of nitriles is 2. The van der Waals surface area contributed by atoms with Gasteiger partial charge in [-0.05, 0) is 12.8 Å². The molecule has 2 rings (SSSR count). The number of rotatable bonds is 8. The van der Waals surface area contributed by atoms with Gasteiger partial charge in [0.25, 0.3) is 0 Å². The minimum absolute atomic E-state index is 0.274. The van der Waals surface area contributed by atoms with E-state index in [1.165, 1.54) is 0 Å². The third-order valence-corrected chi connectivity index (χ3v) is 4.77. The summed E-state index contributed by atoms with van der Waals surface area (Å²) in [6.45, 7) is 2.50. The molecule has 0 saturated carbocycles. The molecule has 2 aliphatic heterocycles. The summed E-state index contributed by atoms with van der Waals surface area (Å²) in [7, 11) is 0. The molecule has 0 amide bonds. The molecule has 2 aliphatic rings. The van der Waals surface area contributed by atoms with E-state index in [2.05, 4.69) is 0 Å². The highest BCUT2D eigenvalue weighted by molar-refractivity contribution is 5.76. The second-order valence-corrected chi connectivity index (χ2v) is 7.16. The molecule has 0 atom stereocenters. The first kappa shape index (κ1) is 22.6. The Hall–Kier alpha value is -2.64. The summed E-state index contributed by atoms with van der Waals surface area (Å²) in [4.78, 5) is 2.22. The van der Waals surface area contributed by atoms with Crippen molar-refractivity contribution in [2.75, 3.05) is 39.5 Å². The van der Waals surface area contributed by atoms with Crippen LogP contribution < -0.4 is 11.5 Å². The zero-order chi connectivity index (χ0) is 21.3. The molecule has 0 bridgehead atoms. The number of nitrogens with zero attached hydrogens (tertiary/aromatic N) is 4. The van der Waals surface area contributed by atoms with Crippen molar-refractivity contribution >= 4 is 11.9 Å². The van der Waals surface area contributed by atoms with Crippen LogP contribution in [0.15, 0.2) is 0 Å². The molecule has 1 spiro atoms. The van der Waals surface area contributed by atoms with Gasteiger partial charge in [-0.25, -0.2) is 9.80 Å². The lowest BCUT2D eigenvalue weighted by molar-refractivity contribution is -0.304. The fourth-order valence-corrected chi connectivity index (χ4v) is 3.04. The van der Waals surface area contributed by atoms with E-state index in [1.54, 1.807) is 0 Å². The van der Waals surface area contributed by atoms with E-state index in [9.17, 15) is 0 Å². The number of nitrogens with two attached hydrogens (primary N) is 2. The van der Waals surface area contributed by atoms with E-state index in [4.69, 9.17) is 51.8 Å². The number of nitrogens with one attached hydrogen (secondary N) is 2. The van der Waals surface area contributed by atoms with Crippen molar-refractivity contribution in [2.45, 2.75) is 38.3 Å². The summed E-state index contributed by atoms with van der Waals surface area (Å²) in [5.41, 5.74) is 10.3. The summed E-state index contributed by atoms with van der Waals surface area (Å²) >= 11 is 0. The highest BCUT2D eigenvalue weighted by atomic mass is 16.7. The van der Waals surface area contributed by atoms with Crippen LogP contribution in [0.3, 0.4) is 0 Å². The minimum Gasteiger partial charge on any atom is -0.369 e. The number of ether oxygens (including phenoxy) is 4. The van der Waals surface area contributed by atoms with E-state index in [0.29, 0.717) is 65.2 Å². The first-order chi connectivity index (χ1) is 13.9. The largest absolute Gasteiger partial charge is 0.369 e. The standard InChI is InChI=1S/C17H28N8O4/c18-11-24(15(20)21)5-1-3-13-26-7-17(8-27-13)9-28-14(29-10-17)4-2-6-25(12-19)16(22)23/h13-14H,1-10H2,(H3,20,21)(H3,22,23). The summed E-state index contributed by atoms with van der Waals surface area (Å²) < 4.78 is 23.1. The Bertz CT molecular complexity index is 585. The fraction of sp³-hybridized carbons (Fsp3) is 0.765. The van der Waals surface area contributed by atoms with Gasteiger partial charge in [0.15, 0.2) is 25.0 Å². The van der Waals surface area contributed by atoms with Gasteiger partial charge in [0, 0.05) is 25.9 Å². The smallest absolute Gasteiger partial charge is 0.201 e. The molecule has 2 heterocycles. The average molecular weight is 408 g/mol. The maximum Gasteiger partial charge on any atom is 0.201 e. The Labute approximate surface area is 169 Å². The molecule has 2 saturated heterocycles. The summed E-state index contributed by atoms with van der Waals surface area (Å²) in [5, 5.41) is 32.3.